The number of hydrogen-bond donors (Lipinski definition) is 1. The van der Waals surface area contributed by atoms with Crippen molar-refractivity contribution >= 4 is 5.95 Å². The minimum absolute atomic E-state index is 0.304. The molecule has 2 N–H and O–H groups in total. The summed E-state index contributed by atoms with van der Waals surface area (Å²) in [5.41, 5.74) is 7.87. The third-order valence-corrected chi connectivity index (χ3v) is 4.18. The van der Waals surface area contributed by atoms with Crippen molar-refractivity contribution in [2.75, 3.05) is 26.0 Å². The highest BCUT2D eigenvalue weighted by Gasteiger charge is 2.20. The largest absolute Gasteiger partial charge is 0.497 e. The van der Waals surface area contributed by atoms with Crippen LogP contribution < -0.4 is 10.5 Å². The number of nitrogen functional groups attached to an aromatic ring is 1. The topological polar surface area (TPSA) is 73.5 Å². The Kier molecular flexibility index (Phi) is 5.61. The summed E-state index contributed by atoms with van der Waals surface area (Å²) in [6.45, 7) is 3.38. The second kappa shape index (κ2) is 8.08. The molecular formula is C18H24N4O2. The Morgan fingerprint density at radius 2 is 1.88 bits per heavy atom. The summed E-state index contributed by atoms with van der Waals surface area (Å²) in [6.07, 6.45) is 6.15. The number of benzene rings is 1. The standard InChI is InChI=1S/C18H24N4O2/c1-23-16-6-4-14(5-7-16)11-22(13-17-3-2-8-24-17)12-15-9-20-18(19)21-10-15/h4-7,9-10,17H,2-3,8,11-13H2,1H3,(H2,19,20,21)/t17-/m1/s1. The Hall–Kier alpha value is -2.18. The summed E-state index contributed by atoms with van der Waals surface area (Å²) in [7, 11) is 1.68. The lowest BCUT2D eigenvalue weighted by Gasteiger charge is -2.25. The maximum Gasteiger partial charge on any atom is 0.219 e. The quantitative estimate of drug-likeness (QED) is 0.840. The van der Waals surface area contributed by atoms with Crippen molar-refractivity contribution in [3.63, 3.8) is 0 Å². The van der Waals surface area contributed by atoms with Crippen LogP contribution in [-0.2, 0) is 17.8 Å². The lowest BCUT2D eigenvalue weighted by Crippen LogP contribution is -2.31. The third-order valence-electron chi connectivity index (χ3n) is 4.18. The number of anilines is 1. The number of ether oxygens (including phenoxy) is 2. The summed E-state index contributed by atoms with van der Waals surface area (Å²) in [6, 6.07) is 8.18. The first-order valence-corrected chi connectivity index (χ1v) is 8.26. The molecule has 1 atom stereocenters. The van der Waals surface area contributed by atoms with E-state index in [1.807, 2.05) is 12.1 Å². The van der Waals surface area contributed by atoms with E-state index < -0.39 is 0 Å². The van der Waals surface area contributed by atoms with Gasteiger partial charge >= 0.3 is 0 Å². The molecule has 0 unspecified atom stereocenters. The Balaban J connectivity index is 1.68. The normalized spacial score (nSPS) is 17.3. The van der Waals surface area contributed by atoms with Gasteiger partial charge in [0.25, 0.3) is 0 Å². The van der Waals surface area contributed by atoms with Crippen LogP contribution in [0.15, 0.2) is 36.7 Å². The van der Waals surface area contributed by atoms with Crippen molar-refractivity contribution in [1.82, 2.24) is 14.9 Å². The van der Waals surface area contributed by atoms with Crippen LogP contribution in [0.3, 0.4) is 0 Å². The fourth-order valence-electron chi connectivity index (χ4n) is 2.96. The molecule has 6 nitrogen and oxygen atoms in total. The van der Waals surface area contributed by atoms with Crippen LogP contribution in [0.1, 0.15) is 24.0 Å². The van der Waals surface area contributed by atoms with Crippen molar-refractivity contribution in [3.05, 3.63) is 47.8 Å². The first-order valence-electron chi connectivity index (χ1n) is 8.26. The maximum absolute atomic E-state index is 5.80. The van der Waals surface area contributed by atoms with Crippen molar-refractivity contribution in [3.8, 4) is 5.75 Å². The van der Waals surface area contributed by atoms with Crippen molar-refractivity contribution < 1.29 is 9.47 Å². The smallest absolute Gasteiger partial charge is 0.219 e. The van der Waals surface area contributed by atoms with Crippen LogP contribution in [0.4, 0.5) is 5.95 Å². The van der Waals surface area contributed by atoms with Gasteiger partial charge in [-0.25, -0.2) is 9.97 Å². The number of nitrogens with two attached hydrogens (primary N) is 1. The van der Waals surface area contributed by atoms with E-state index in [2.05, 4.69) is 27.0 Å². The van der Waals surface area contributed by atoms with Crippen LogP contribution in [0.5, 0.6) is 5.75 Å². The first-order chi connectivity index (χ1) is 11.7. The lowest BCUT2D eigenvalue weighted by molar-refractivity contribution is 0.0678. The summed E-state index contributed by atoms with van der Waals surface area (Å²) in [5.74, 6) is 1.18. The van der Waals surface area contributed by atoms with Gasteiger partial charge in [0.2, 0.25) is 5.95 Å². The number of hydrogen-bond acceptors (Lipinski definition) is 6. The van der Waals surface area contributed by atoms with Gasteiger partial charge in [-0.05, 0) is 30.5 Å². The minimum atomic E-state index is 0.304. The van der Waals surface area contributed by atoms with Crippen LogP contribution in [-0.4, -0.2) is 41.2 Å². The SMILES string of the molecule is COc1ccc(CN(Cc2cnc(N)nc2)C[C@H]2CCCO2)cc1. The molecule has 1 aliphatic rings. The third kappa shape index (κ3) is 4.66. The van der Waals surface area contributed by atoms with Crippen LogP contribution in [0, 0.1) is 0 Å². The highest BCUT2D eigenvalue weighted by molar-refractivity contribution is 5.27. The number of nitrogens with zero attached hydrogens (tertiary/aromatic N) is 3. The summed E-state index contributed by atoms with van der Waals surface area (Å²) < 4.78 is 11.0. The Bertz CT molecular complexity index is 624. The monoisotopic (exact) mass is 328 g/mol. The Labute approximate surface area is 142 Å². The molecule has 2 aromatic rings. The predicted octanol–water partition coefficient (Wildman–Crippen LogP) is 2.25. The predicted molar refractivity (Wildman–Crippen MR) is 92.5 cm³/mol. The van der Waals surface area contributed by atoms with Crippen molar-refractivity contribution in [2.24, 2.45) is 0 Å². The first kappa shape index (κ1) is 16.7. The summed E-state index contributed by atoms with van der Waals surface area (Å²) in [5, 5.41) is 0. The molecular weight excluding hydrogens is 304 g/mol. The number of methoxy groups -OCH3 is 1. The zero-order valence-electron chi connectivity index (χ0n) is 14.0. The van der Waals surface area contributed by atoms with E-state index in [0.29, 0.717) is 12.1 Å². The van der Waals surface area contributed by atoms with E-state index in [1.165, 1.54) is 5.56 Å². The van der Waals surface area contributed by atoms with E-state index in [0.717, 1.165) is 50.4 Å². The maximum atomic E-state index is 5.80. The van der Waals surface area contributed by atoms with Gasteiger partial charge in [0.15, 0.2) is 0 Å². The van der Waals surface area contributed by atoms with Crippen LogP contribution in [0.2, 0.25) is 0 Å². The average Bonchev–Trinajstić information content (AvgIpc) is 3.10. The van der Waals surface area contributed by atoms with Gasteiger partial charge in [0.05, 0.1) is 13.2 Å². The lowest BCUT2D eigenvalue weighted by atomic mass is 10.1. The molecule has 0 spiro atoms. The molecule has 1 saturated heterocycles. The van der Waals surface area contributed by atoms with Gasteiger partial charge < -0.3 is 15.2 Å². The van der Waals surface area contributed by atoms with Gasteiger partial charge in [0, 0.05) is 44.2 Å². The van der Waals surface area contributed by atoms with E-state index >= 15 is 0 Å². The molecule has 0 saturated carbocycles. The van der Waals surface area contributed by atoms with Gasteiger partial charge in [-0.3, -0.25) is 4.90 Å². The molecule has 3 rings (SSSR count). The number of rotatable bonds is 7. The molecule has 6 heteroatoms. The summed E-state index contributed by atoms with van der Waals surface area (Å²) >= 11 is 0. The molecule has 0 radical (unpaired) electrons. The van der Waals surface area contributed by atoms with Gasteiger partial charge in [-0.1, -0.05) is 12.1 Å². The Morgan fingerprint density at radius 1 is 1.17 bits per heavy atom. The van der Waals surface area contributed by atoms with Gasteiger partial charge in [-0.2, -0.15) is 0 Å². The number of aromatic nitrogens is 2. The van der Waals surface area contributed by atoms with Crippen molar-refractivity contribution in [1.29, 1.82) is 0 Å². The molecule has 1 aromatic carbocycles. The fraction of sp³-hybridized carbons (Fsp3) is 0.444. The van der Waals surface area contributed by atoms with Crippen molar-refractivity contribution in [2.45, 2.75) is 32.0 Å². The van der Waals surface area contributed by atoms with E-state index in [-0.39, 0.29) is 0 Å². The average molecular weight is 328 g/mol. The van der Waals surface area contributed by atoms with Gasteiger partial charge in [-0.15, -0.1) is 0 Å². The van der Waals surface area contributed by atoms with Crippen LogP contribution >= 0.6 is 0 Å². The fourth-order valence-corrected chi connectivity index (χ4v) is 2.96. The molecule has 24 heavy (non-hydrogen) atoms. The molecule has 1 fully saturated rings. The molecule has 0 amide bonds. The molecule has 128 valence electrons. The van der Waals surface area contributed by atoms with Crippen LogP contribution in [0.25, 0.3) is 0 Å². The molecule has 0 aliphatic carbocycles. The zero-order valence-corrected chi connectivity index (χ0v) is 14.0. The van der Waals surface area contributed by atoms with E-state index in [9.17, 15) is 0 Å². The molecule has 0 bridgehead atoms. The molecule has 1 aromatic heterocycles. The minimum Gasteiger partial charge on any atom is -0.497 e. The molecule has 1 aliphatic heterocycles. The second-order valence-electron chi connectivity index (χ2n) is 6.10. The van der Waals surface area contributed by atoms with E-state index in [1.54, 1.807) is 19.5 Å². The highest BCUT2D eigenvalue weighted by atomic mass is 16.5. The Morgan fingerprint density at radius 3 is 2.50 bits per heavy atom. The second-order valence-corrected chi connectivity index (χ2v) is 6.10. The zero-order chi connectivity index (χ0) is 16.8. The van der Waals surface area contributed by atoms with E-state index in [4.69, 9.17) is 15.2 Å². The van der Waals surface area contributed by atoms with Gasteiger partial charge in [0.1, 0.15) is 5.75 Å². The highest BCUT2D eigenvalue weighted by Crippen LogP contribution is 2.18. The summed E-state index contributed by atoms with van der Waals surface area (Å²) in [4.78, 5) is 10.5. The molecule has 2 heterocycles.